The smallest absolute Gasteiger partial charge is 0.304 e. The molecule has 16 heavy (non-hydrogen) atoms. The zero-order chi connectivity index (χ0) is 12.1. The van der Waals surface area contributed by atoms with Crippen molar-refractivity contribution in [2.24, 2.45) is 0 Å². The molecule has 0 saturated carbocycles. The van der Waals surface area contributed by atoms with E-state index in [1.54, 1.807) is 13.1 Å². The van der Waals surface area contributed by atoms with Crippen LogP contribution in [0.3, 0.4) is 0 Å². The van der Waals surface area contributed by atoms with Crippen LogP contribution in [0.4, 0.5) is 0 Å². The normalized spacial score (nSPS) is 14.4. The molecule has 0 aliphatic rings. The standard InChI is InChI=1S/C11H15NO3S/c1-8-4-3-5-12-10(8)7-16(15)9(2)6-11(13)14/h3-5,9H,6-7H2,1-2H3,(H,13,14). The SMILES string of the molecule is Cc1cccnc1CS(=O)C(C)CC(=O)O. The molecule has 0 aliphatic carbocycles. The molecule has 0 aliphatic heterocycles. The summed E-state index contributed by atoms with van der Waals surface area (Å²) in [7, 11) is -1.19. The Balaban J connectivity index is 2.64. The molecule has 0 fully saturated rings. The van der Waals surface area contributed by atoms with Gasteiger partial charge in [0, 0.05) is 22.2 Å². The Hall–Kier alpha value is -1.23. The van der Waals surface area contributed by atoms with Gasteiger partial charge in [-0.25, -0.2) is 0 Å². The van der Waals surface area contributed by atoms with Gasteiger partial charge in [0.2, 0.25) is 0 Å². The van der Waals surface area contributed by atoms with Crippen molar-refractivity contribution in [3.8, 4) is 0 Å². The third kappa shape index (κ3) is 3.73. The van der Waals surface area contributed by atoms with E-state index < -0.39 is 16.8 Å². The van der Waals surface area contributed by atoms with Gasteiger partial charge in [0.1, 0.15) is 0 Å². The number of aromatic nitrogens is 1. The van der Waals surface area contributed by atoms with E-state index in [0.717, 1.165) is 11.3 Å². The van der Waals surface area contributed by atoms with Crippen molar-refractivity contribution in [1.82, 2.24) is 4.98 Å². The molecule has 2 atom stereocenters. The summed E-state index contributed by atoms with van der Waals surface area (Å²) in [4.78, 5) is 14.6. The molecular weight excluding hydrogens is 226 g/mol. The maximum absolute atomic E-state index is 11.8. The Morgan fingerprint density at radius 2 is 2.31 bits per heavy atom. The minimum Gasteiger partial charge on any atom is -0.481 e. The fraction of sp³-hybridized carbons (Fsp3) is 0.455. The second-order valence-corrected chi connectivity index (χ2v) is 5.56. The molecule has 0 bridgehead atoms. The van der Waals surface area contributed by atoms with Gasteiger partial charge in [0.05, 0.1) is 17.9 Å². The van der Waals surface area contributed by atoms with Crippen molar-refractivity contribution in [1.29, 1.82) is 0 Å². The summed E-state index contributed by atoms with van der Waals surface area (Å²) in [6, 6.07) is 3.73. The number of rotatable bonds is 5. The number of aliphatic carboxylic acids is 1. The molecule has 5 heteroatoms. The van der Waals surface area contributed by atoms with Gasteiger partial charge in [-0.3, -0.25) is 14.0 Å². The van der Waals surface area contributed by atoms with Crippen LogP contribution in [-0.4, -0.2) is 25.5 Å². The Bertz CT molecular complexity index is 406. The van der Waals surface area contributed by atoms with Crippen LogP contribution in [0.2, 0.25) is 0 Å². The first-order valence-electron chi connectivity index (χ1n) is 5.00. The molecule has 0 amide bonds. The van der Waals surface area contributed by atoms with Gasteiger partial charge in [0.15, 0.2) is 0 Å². The highest BCUT2D eigenvalue weighted by molar-refractivity contribution is 7.84. The van der Waals surface area contributed by atoms with E-state index in [9.17, 15) is 9.00 Å². The highest BCUT2D eigenvalue weighted by Gasteiger charge is 2.16. The number of hydrogen-bond donors (Lipinski definition) is 1. The average Bonchev–Trinajstić information content (AvgIpc) is 2.20. The summed E-state index contributed by atoms with van der Waals surface area (Å²) < 4.78 is 11.8. The Morgan fingerprint density at radius 3 is 2.88 bits per heavy atom. The van der Waals surface area contributed by atoms with Gasteiger partial charge in [-0.05, 0) is 18.6 Å². The van der Waals surface area contributed by atoms with Crippen molar-refractivity contribution in [2.45, 2.75) is 31.3 Å². The van der Waals surface area contributed by atoms with Gasteiger partial charge in [-0.1, -0.05) is 13.0 Å². The summed E-state index contributed by atoms with van der Waals surface area (Å²) in [5.74, 6) is -0.597. The highest BCUT2D eigenvalue weighted by Crippen LogP contribution is 2.11. The van der Waals surface area contributed by atoms with Crippen LogP contribution in [0.15, 0.2) is 18.3 Å². The molecule has 1 N–H and O–H groups in total. The molecule has 1 rings (SSSR count). The third-order valence-electron chi connectivity index (χ3n) is 2.31. The number of pyridine rings is 1. The molecule has 0 spiro atoms. The molecular formula is C11H15NO3S. The number of nitrogens with zero attached hydrogens (tertiary/aromatic N) is 1. The molecule has 0 saturated heterocycles. The lowest BCUT2D eigenvalue weighted by atomic mass is 10.2. The van der Waals surface area contributed by atoms with E-state index in [1.165, 1.54) is 0 Å². The van der Waals surface area contributed by atoms with Gasteiger partial charge in [0.25, 0.3) is 0 Å². The molecule has 0 aromatic carbocycles. The van der Waals surface area contributed by atoms with Crippen molar-refractivity contribution in [2.75, 3.05) is 0 Å². The molecule has 4 nitrogen and oxygen atoms in total. The summed E-state index contributed by atoms with van der Waals surface area (Å²) in [5.41, 5.74) is 1.76. The number of carboxylic acid groups (broad SMARTS) is 1. The second-order valence-electron chi connectivity index (χ2n) is 3.70. The summed E-state index contributed by atoms with van der Waals surface area (Å²) in [6.07, 6.45) is 1.58. The highest BCUT2D eigenvalue weighted by atomic mass is 32.2. The number of carbonyl (C=O) groups is 1. The van der Waals surface area contributed by atoms with E-state index in [1.807, 2.05) is 19.1 Å². The van der Waals surface area contributed by atoms with Gasteiger partial charge in [-0.15, -0.1) is 0 Å². The molecule has 1 aromatic heterocycles. The number of carboxylic acids is 1. The summed E-state index contributed by atoms with van der Waals surface area (Å²) in [5, 5.41) is 8.26. The maximum atomic E-state index is 11.8. The largest absolute Gasteiger partial charge is 0.481 e. The van der Waals surface area contributed by atoms with E-state index >= 15 is 0 Å². The third-order valence-corrected chi connectivity index (χ3v) is 3.93. The molecule has 88 valence electrons. The van der Waals surface area contributed by atoms with Crippen LogP contribution >= 0.6 is 0 Å². The lowest BCUT2D eigenvalue weighted by Gasteiger charge is -2.09. The van der Waals surface area contributed by atoms with Crippen LogP contribution in [0, 0.1) is 6.92 Å². The average molecular weight is 241 g/mol. The van der Waals surface area contributed by atoms with Crippen molar-refractivity contribution >= 4 is 16.8 Å². The van der Waals surface area contributed by atoms with Crippen molar-refractivity contribution in [3.63, 3.8) is 0 Å². The number of hydrogen-bond acceptors (Lipinski definition) is 3. The topological polar surface area (TPSA) is 67.3 Å². The lowest BCUT2D eigenvalue weighted by Crippen LogP contribution is -2.17. The van der Waals surface area contributed by atoms with E-state index in [0.29, 0.717) is 5.75 Å². The first-order valence-corrected chi connectivity index (χ1v) is 6.38. The minimum absolute atomic E-state index is 0.0709. The zero-order valence-corrected chi connectivity index (χ0v) is 10.2. The van der Waals surface area contributed by atoms with Gasteiger partial charge >= 0.3 is 5.97 Å². The zero-order valence-electron chi connectivity index (χ0n) is 9.34. The number of aryl methyl sites for hydroxylation is 1. The monoisotopic (exact) mass is 241 g/mol. The van der Waals surface area contributed by atoms with Gasteiger partial charge in [-0.2, -0.15) is 0 Å². The van der Waals surface area contributed by atoms with Crippen LogP contribution in [-0.2, 0) is 21.3 Å². The first-order chi connectivity index (χ1) is 7.50. The molecule has 1 aromatic rings. The predicted octanol–water partition coefficient (Wildman–Crippen LogP) is 1.50. The fourth-order valence-electron chi connectivity index (χ4n) is 1.29. The predicted molar refractivity (Wildman–Crippen MR) is 62.5 cm³/mol. The quantitative estimate of drug-likeness (QED) is 0.848. The lowest BCUT2D eigenvalue weighted by molar-refractivity contribution is -0.136. The van der Waals surface area contributed by atoms with E-state index in [2.05, 4.69) is 4.98 Å². The minimum atomic E-state index is -1.19. The van der Waals surface area contributed by atoms with Crippen molar-refractivity contribution in [3.05, 3.63) is 29.6 Å². The van der Waals surface area contributed by atoms with Crippen LogP contribution in [0.5, 0.6) is 0 Å². The van der Waals surface area contributed by atoms with E-state index in [-0.39, 0.29) is 11.7 Å². The molecule has 0 radical (unpaired) electrons. The maximum Gasteiger partial charge on any atom is 0.304 e. The molecule has 1 heterocycles. The Kier molecular flexibility index (Phi) is 4.61. The summed E-state index contributed by atoms with van der Waals surface area (Å²) in [6.45, 7) is 3.59. The van der Waals surface area contributed by atoms with E-state index in [4.69, 9.17) is 5.11 Å². The Morgan fingerprint density at radius 1 is 1.62 bits per heavy atom. The first kappa shape index (κ1) is 12.8. The molecule has 2 unspecified atom stereocenters. The van der Waals surface area contributed by atoms with Crippen LogP contribution < -0.4 is 0 Å². The van der Waals surface area contributed by atoms with Crippen LogP contribution in [0.1, 0.15) is 24.6 Å². The summed E-state index contributed by atoms with van der Waals surface area (Å²) >= 11 is 0. The fourth-order valence-corrected chi connectivity index (χ4v) is 2.47. The van der Waals surface area contributed by atoms with Gasteiger partial charge < -0.3 is 5.11 Å². The Labute approximate surface area is 97.2 Å². The van der Waals surface area contributed by atoms with Crippen LogP contribution in [0.25, 0.3) is 0 Å². The van der Waals surface area contributed by atoms with Crippen molar-refractivity contribution < 1.29 is 14.1 Å². The second kappa shape index (κ2) is 5.75.